The zero-order valence-corrected chi connectivity index (χ0v) is 12.5. The number of hydrogen-bond acceptors (Lipinski definition) is 2. The minimum atomic E-state index is -0.762. The number of hydrogen-bond donors (Lipinski definition) is 1. The van der Waals surface area contributed by atoms with Gasteiger partial charge < -0.3 is 5.32 Å². The average Bonchev–Trinajstić information content (AvgIpc) is 2.31. The van der Waals surface area contributed by atoms with Gasteiger partial charge in [-0.25, -0.2) is 0 Å². The van der Waals surface area contributed by atoms with Crippen LogP contribution in [0.15, 0.2) is 28.7 Å². The van der Waals surface area contributed by atoms with Gasteiger partial charge in [-0.15, -0.1) is 0 Å². The summed E-state index contributed by atoms with van der Waals surface area (Å²) >= 11 is 3.50. The van der Waals surface area contributed by atoms with Gasteiger partial charge in [0.2, 0.25) is 5.91 Å². The van der Waals surface area contributed by atoms with Gasteiger partial charge >= 0.3 is 0 Å². The number of nitrogens with zero attached hydrogens (tertiary/aromatic N) is 1. The van der Waals surface area contributed by atoms with Crippen LogP contribution >= 0.6 is 15.9 Å². The predicted octanol–water partition coefficient (Wildman–Crippen LogP) is 3.19. The average molecular weight is 321 g/mol. The zero-order valence-electron chi connectivity index (χ0n) is 10.9. The van der Waals surface area contributed by atoms with Crippen LogP contribution in [0.25, 0.3) is 0 Å². The first-order chi connectivity index (χ1) is 9.07. The molecule has 1 unspecified atom stereocenters. The van der Waals surface area contributed by atoms with Crippen molar-refractivity contribution in [1.29, 1.82) is 5.26 Å². The van der Waals surface area contributed by atoms with E-state index in [1.54, 1.807) is 0 Å². The Morgan fingerprint density at radius 1 is 1.53 bits per heavy atom. The number of nitriles is 1. The van der Waals surface area contributed by atoms with E-state index < -0.39 is 5.41 Å². The van der Waals surface area contributed by atoms with Gasteiger partial charge in [0.05, 0.1) is 6.07 Å². The molecule has 0 aliphatic heterocycles. The van der Waals surface area contributed by atoms with Crippen LogP contribution in [0.3, 0.4) is 0 Å². The number of nitrogens with one attached hydrogen (secondary N) is 1. The summed E-state index contributed by atoms with van der Waals surface area (Å²) in [7, 11) is 0. The summed E-state index contributed by atoms with van der Waals surface area (Å²) in [4.78, 5) is 12.1. The monoisotopic (exact) mass is 320 g/mol. The third kappa shape index (κ3) is 2.98. The molecule has 1 aromatic rings. The maximum absolute atomic E-state index is 12.1. The minimum Gasteiger partial charge on any atom is -0.352 e. The second kappa shape index (κ2) is 5.75. The van der Waals surface area contributed by atoms with Crippen LogP contribution in [0.1, 0.15) is 31.7 Å². The molecular formula is C15H17BrN2O. The highest BCUT2D eigenvalue weighted by atomic mass is 79.9. The molecule has 1 saturated carbocycles. The molecule has 100 valence electrons. The second-order valence-corrected chi connectivity index (χ2v) is 6.07. The maximum Gasteiger partial charge on any atom is 0.240 e. The number of rotatable bonds is 4. The topological polar surface area (TPSA) is 52.9 Å². The first-order valence-electron chi connectivity index (χ1n) is 6.53. The minimum absolute atomic E-state index is 0.0250. The van der Waals surface area contributed by atoms with Crippen molar-refractivity contribution in [2.45, 2.75) is 38.6 Å². The van der Waals surface area contributed by atoms with Crippen molar-refractivity contribution in [3.63, 3.8) is 0 Å². The van der Waals surface area contributed by atoms with E-state index in [0.29, 0.717) is 12.8 Å². The Balaban J connectivity index is 1.95. The Morgan fingerprint density at radius 3 is 2.74 bits per heavy atom. The van der Waals surface area contributed by atoms with Crippen LogP contribution in [0.4, 0.5) is 0 Å². The van der Waals surface area contributed by atoms with Crippen LogP contribution < -0.4 is 5.32 Å². The van der Waals surface area contributed by atoms with Crippen molar-refractivity contribution in [1.82, 2.24) is 5.32 Å². The largest absolute Gasteiger partial charge is 0.352 e. The van der Waals surface area contributed by atoms with Gasteiger partial charge in [-0.1, -0.05) is 34.1 Å². The summed E-state index contributed by atoms with van der Waals surface area (Å²) in [6.45, 7) is 1.97. The van der Waals surface area contributed by atoms with Gasteiger partial charge in [0.25, 0.3) is 0 Å². The molecule has 0 saturated heterocycles. The van der Waals surface area contributed by atoms with E-state index in [0.717, 1.165) is 22.9 Å². The first kappa shape index (κ1) is 14.1. The van der Waals surface area contributed by atoms with E-state index in [1.165, 1.54) is 0 Å². The molecule has 1 aromatic carbocycles. The summed E-state index contributed by atoms with van der Waals surface area (Å²) < 4.78 is 1.05. The lowest BCUT2D eigenvalue weighted by molar-refractivity contribution is -0.132. The van der Waals surface area contributed by atoms with Crippen LogP contribution in [0, 0.1) is 16.7 Å². The van der Waals surface area contributed by atoms with Crippen LogP contribution in [0.5, 0.6) is 0 Å². The lowest BCUT2D eigenvalue weighted by atomic mass is 9.69. The number of carbonyl (C=O) groups is 1. The summed E-state index contributed by atoms with van der Waals surface area (Å²) in [6, 6.07) is 10.2. The van der Waals surface area contributed by atoms with E-state index in [4.69, 9.17) is 5.26 Å². The smallest absolute Gasteiger partial charge is 0.240 e. The van der Waals surface area contributed by atoms with Gasteiger partial charge in [0.1, 0.15) is 5.41 Å². The highest BCUT2D eigenvalue weighted by Crippen LogP contribution is 2.40. The van der Waals surface area contributed by atoms with E-state index in [1.807, 2.05) is 31.2 Å². The summed E-state index contributed by atoms with van der Waals surface area (Å²) in [5.41, 5.74) is 0.400. The van der Waals surface area contributed by atoms with Gasteiger partial charge in [-0.2, -0.15) is 5.26 Å². The van der Waals surface area contributed by atoms with E-state index in [2.05, 4.69) is 27.3 Å². The number of halogens is 1. The SMILES string of the molecule is CC(Cc1ccccc1Br)NC(=O)C1(C#N)CCC1. The predicted molar refractivity (Wildman–Crippen MR) is 77.3 cm³/mol. The summed E-state index contributed by atoms with van der Waals surface area (Å²) in [5, 5.41) is 12.1. The molecule has 0 heterocycles. The van der Waals surface area contributed by atoms with Crippen LogP contribution in [0.2, 0.25) is 0 Å². The molecule has 1 fully saturated rings. The molecule has 0 spiro atoms. The highest BCUT2D eigenvalue weighted by Gasteiger charge is 2.44. The Morgan fingerprint density at radius 2 is 2.21 bits per heavy atom. The van der Waals surface area contributed by atoms with Crippen LogP contribution in [-0.2, 0) is 11.2 Å². The molecule has 1 aliphatic carbocycles. The van der Waals surface area contributed by atoms with Crippen molar-refractivity contribution in [2.24, 2.45) is 5.41 Å². The number of benzene rings is 1. The van der Waals surface area contributed by atoms with Crippen molar-refractivity contribution in [3.05, 3.63) is 34.3 Å². The second-order valence-electron chi connectivity index (χ2n) is 5.22. The fourth-order valence-electron chi connectivity index (χ4n) is 2.33. The zero-order chi connectivity index (χ0) is 13.9. The molecule has 1 aliphatic rings. The van der Waals surface area contributed by atoms with Crippen molar-refractivity contribution in [2.75, 3.05) is 0 Å². The van der Waals surface area contributed by atoms with Crippen molar-refractivity contribution in [3.8, 4) is 6.07 Å². The first-order valence-corrected chi connectivity index (χ1v) is 7.32. The molecule has 3 nitrogen and oxygen atoms in total. The van der Waals surface area contributed by atoms with Crippen LogP contribution in [-0.4, -0.2) is 11.9 Å². The number of carbonyl (C=O) groups excluding carboxylic acids is 1. The Hall–Kier alpha value is -1.34. The quantitative estimate of drug-likeness (QED) is 0.926. The Labute approximate surface area is 122 Å². The summed E-state index contributed by atoms with van der Waals surface area (Å²) in [6.07, 6.45) is 3.11. The van der Waals surface area contributed by atoms with E-state index in [-0.39, 0.29) is 11.9 Å². The molecule has 0 radical (unpaired) electrons. The lowest BCUT2D eigenvalue weighted by Gasteiger charge is -2.34. The standard InChI is InChI=1S/C15H17BrN2O/c1-11(9-12-5-2-3-6-13(12)16)18-14(19)15(10-17)7-4-8-15/h2-3,5-6,11H,4,7-9H2,1H3,(H,18,19). The maximum atomic E-state index is 12.1. The normalized spacial score (nSPS) is 17.9. The van der Waals surface area contributed by atoms with Gasteiger partial charge in [0, 0.05) is 10.5 Å². The van der Waals surface area contributed by atoms with E-state index >= 15 is 0 Å². The van der Waals surface area contributed by atoms with E-state index in [9.17, 15) is 4.79 Å². The Bertz CT molecular complexity index is 517. The van der Waals surface area contributed by atoms with Gasteiger partial charge in [-0.3, -0.25) is 4.79 Å². The molecular weight excluding hydrogens is 304 g/mol. The third-order valence-electron chi connectivity index (χ3n) is 3.72. The molecule has 0 bridgehead atoms. The third-order valence-corrected chi connectivity index (χ3v) is 4.49. The lowest BCUT2D eigenvalue weighted by Crippen LogP contribution is -2.48. The molecule has 1 N–H and O–H groups in total. The molecule has 1 atom stereocenters. The fraction of sp³-hybridized carbons (Fsp3) is 0.467. The van der Waals surface area contributed by atoms with Crippen molar-refractivity contribution >= 4 is 21.8 Å². The van der Waals surface area contributed by atoms with Gasteiger partial charge in [0.15, 0.2) is 0 Å². The summed E-state index contributed by atoms with van der Waals surface area (Å²) in [5.74, 6) is -0.110. The fourth-order valence-corrected chi connectivity index (χ4v) is 2.77. The highest BCUT2D eigenvalue weighted by molar-refractivity contribution is 9.10. The number of amides is 1. The van der Waals surface area contributed by atoms with Gasteiger partial charge in [-0.05, 0) is 44.2 Å². The Kier molecular flexibility index (Phi) is 4.26. The molecule has 1 amide bonds. The molecule has 0 aromatic heterocycles. The molecule has 19 heavy (non-hydrogen) atoms. The van der Waals surface area contributed by atoms with Crippen molar-refractivity contribution < 1.29 is 4.79 Å². The molecule has 4 heteroatoms. The molecule has 2 rings (SSSR count).